The van der Waals surface area contributed by atoms with E-state index in [2.05, 4.69) is 4.65 Å². The van der Waals surface area contributed by atoms with Crippen LogP contribution in [0.25, 0.3) is 0 Å². The van der Waals surface area contributed by atoms with E-state index in [0.29, 0.717) is 0 Å². The maximum atomic E-state index is 8.04. The molecule has 0 amide bonds. The lowest BCUT2D eigenvalue weighted by molar-refractivity contribution is 1.53. The first-order chi connectivity index (χ1) is 2.41. The first-order valence-corrected chi connectivity index (χ1v) is 8.85. The van der Waals surface area contributed by atoms with Gasteiger partial charge in [0.2, 0.25) is 0 Å². The largest absolute Gasteiger partial charge is 0.397 e. The Morgan fingerprint density at radius 3 is 2.60 bits per heavy atom. The zero-order valence-electron chi connectivity index (χ0n) is 3.15. The van der Waals surface area contributed by atoms with Gasteiger partial charge in [-0.3, -0.25) is 4.89 Å². The summed E-state index contributed by atoms with van der Waals surface area (Å²) in [4.78, 5) is 8.04. The average Bonchev–Trinajstić information content (AvgIpc) is 1.41. The number of hydrogen-bond acceptors (Lipinski definition) is 2. The standard InChI is InChI=1S/H6N2Si3/c1-4-2-5-3/h2H,5H2,3H3. The van der Waals surface area contributed by atoms with Gasteiger partial charge in [-0.05, 0) is 0 Å². The Kier molecular flexibility index (Phi) is 4.29. The van der Waals surface area contributed by atoms with Gasteiger partial charge in [0.15, 0.2) is 0 Å². The predicted octanol–water partition coefficient (Wildman–Crippen LogP) is -2.96. The molecule has 0 aliphatic heterocycles. The van der Waals surface area contributed by atoms with E-state index >= 15 is 0 Å². The molecule has 5 heavy (non-hydrogen) atoms. The molecule has 0 bridgehead atoms. The van der Waals surface area contributed by atoms with Crippen molar-refractivity contribution in [2.45, 2.75) is 0 Å². The van der Waals surface area contributed by atoms with Crippen LogP contribution in [0.15, 0.2) is 0 Å². The van der Waals surface area contributed by atoms with E-state index in [0.717, 1.165) is 0 Å². The van der Waals surface area contributed by atoms with Crippen LogP contribution in [0.4, 0.5) is 0 Å². The summed E-state index contributed by atoms with van der Waals surface area (Å²) in [5.41, 5.74) is 0. The van der Waals surface area contributed by atoms with E-state index in [1.807, 2.05) is 0 Å². The van der Waals surface area contributed by atoms with Gasteiger partial charge in [-0.2, -0.15) is 0 Å². The minimum Gasteiger partial charge on any atom is -0.397 e. The fraction of sp³-hybridized carbons (Fsp3) is 0. The highest BCUT2D eigenvalue weighted by molar-refractivity contribution is 6.90. The van der Waals surface area contributed by atoms with Crippen LogP contribution in [-0.2, 0) is 0 Å². The van der Waals surface area contributed by atoms with Gasteiger partial charge in [0, 0.05) is 9.76 Å². The fourth-order valence-electron chi connectivity index (χ4n) is 0.0791. The van der Waals surface area contributed by atoms with Crippen molar-refractivity contribution in [2.24, 2.45) is 0 Å². The van der Waals surface area contributed by atoms with Crippen molar-refractivity contribution in [3.8, 4) is 0 Å². The van der Waals surface area contributed by atoms with Crippen LogP contribution >= 0.6 is 0 Å². The van der Waals surface area contributed by atoms with Gasteiger partial charge in [-0.25, -0.2) is 0 Å². The normalized spacial score (nSPS) is 8.60. The lowest BCUT2D eigenvalue weighted by Gasteiger charge is -1.73. The molecule has 0 radical (unpaired) electrons. The molecule has 0 rings (SSSR count). The second-order valence-corrected chi connectivity index (χ2v) is 5.11. The van der Waals surface area contributed by atoms with Crippen LogP contribution < -0.4 is 4.65 Å². The zero-order chi connectivity index (χ0) is 4.12. The quantitative estimate of drug-likeness (QED) is 0.374. The summed E-state index contributed by atoms with van der Waals surface area (Å²) >= 11 is 0. The highest BCUT2D eigenvalue weighted by Crippen LogP contribution is 1.18. The van der Waals surface area contributed by atoms with Gasteiger partial charge in [0.1, 0.15) is 9.20 Å². The van der Waals surface area contributed by atoms with E-state index in [-0.39, 0.29) is 18.5 Å². The maximum Gasteiger partial charge on any atom is 0.315 e. The molecule has 0 aromatic heterocycles. The molecule has 0 atom stereocenters. The summed E-state index contributed by atoms with van der Waals surface area (Å²) in [6.07, 6.45) is 0. The Bertz CT molecular complexity index is 43.3. The number of hydrogen-bond donors (Lipinski definition) is 1. The molecule has 1 N–H and O–H groups in total. The second kappa shape index (κ2) is 4.16. The summed E-state index contributed by atoms with van der Waals surface area (Å²) in [6, 6.07) is 0. The monoisotopic (exact) mass is 118 g/mol. The van der Waals surface area contributed by atoms with E-state index in [1.54, 1.807) is 0 Å². The molecule has 0 aromatic carbocycles. The molecule has 0 heterocycles. The van der Waals surface area contributed by atoms with Gasteiger partial charge < -0.3 is 4.65 Å². The second-order valence-electron chi connectivity index (χ2n) is 0.642. The highest BCUT2D eigenvalue weighted by atomic mass is 29.1. The van der Waals surface area contributed by atoms with E-state index < -0.39 is 0 Å². The Balaban J connectivity index is 2.48. The van der Waals surface area contributed by atoms with Gasteiger partial charge in [-0.15, -0.1) is 0 Å². The van der Waals surface area contributed by atoms with Crippen LogP contribution in [0.3, 0.4) is 0 Å². The third-order valence-corrected chi connectivity index (χ3v) is 5.48. The number of nitrogens with one attached hydrogen (secondary N) is 1. The summed E-state index contributed by atoms with van der Waals surface area (Å²) < 4.78 is 2.90. The van der Waals surface area contributed by atoms with Crippen molar-refractivity contribution >= 4 is 28.3 Å². The van der Waals surface area contributed by atoms with Crippen molar-refractivity contribution in [1.82, 2.24) is 4.65 Å². The van der Waals surface area contributed by atoms with E-state index in [9.17, 15) is 0 Å². The molecule has 0 spiro atoms. The predicted molar refractivity (Wildman–Crippen MR) is 29.1 cm³/mol. The van der Waals surface area contributed by atoms with Crippen LogP contribution in [-0.4, -0.2) is 28.3 Å². The minimum absolute atomic E-state index is 0.00424. The molecule has 0 aliphatic carbocycles. The van der Waals surface area contributed by atoms with Gasteiger partial charge in [0.25, 0.3) is 0 Å². The van der Waals surface area contributed by atoms with Crippen molar-refractivity contribution in [2.75, 3.05) is 0 Å². The van der Waals surface area contributed by atoms with Gasteiger partial charge in [-0.1, -0.05) is 0 Å². The zero-order valence-corrected chi connectivity index (χ0v) is 7.57. The first kappa shape index (κ1) is 5.16. The van der Waals surface area contributed by atoms with Crippen LogP contribution in [0.1, 0.15) is 0 Å². The maximum absolute atomic E-state index is 8.04. The molecular formula is H6N2Si3. The SMILES string of the molecule is N#[Si]N[SiH2][SiH3]. The third-order valence-electron chi connectivity index (χ3n) is 0.256. The van der Waals surface area contributed by atoms with Crippen molar-refractivity contribution in [3.05, 3.63) is 0 Å². The first-order valence-electron chi connectivity index (χ1n) is 1.53. The molecule has 5 heteroatoms. The van der Waals surface area contributed by atoms with Crippen molar-refractivity contribution in [3.63, 3.8) is 0 Å². The fourth-order valence-corrected chi connectivity index (χ4v) is 2.13. The molecule has 0 unspecified atom stereocenters. The minimum atomic E-state index is 0.00424. The Labute approximate surface area is 38.6 Å². The summed E-state index contributed by atoms with van der Waals surface area (Å²) in [5, 5.41) is 0. The molecular weight excluding hydrogens is 112 g/mol. The number of rotatable bonds is 1. The van der Waals surface area contributed by atoms with Crippen LogP contribution in [0.2, 0.25) is 0 Å². The molecule has 0 saturated carbocycles. The van der Waals surface area contributed by atoms with Crippen LogP contribution in [0, 0.1) is 4.89 Å². The van der Waals surface area contributed by atoms with E-state index in [4.69, 9.17) is 4.89 Å². The number of nitrogens with zero attached hydrogens (tertiary/aromatic N) is 1. The lowest BCUT2D eigenvalue weighted by Crippen LogP contribution is -2.15. The van der Waals surface area contributed by atoms with Crippen molar-refractivity contribution < 1.29 is 0 Å². The Morgan fingerprint density at radius 2 is 2.60 bits per heavy atom. The smallest absolute Gasteiger partial charge is 0.315 e. The Morgan fingerprint density at radius 1 is 2.00 bits per heavy atom. The molecule has 0 saturated heterocycles. The third kappa shape index (κ3) is 4.16. The van der Waals surface area contributed by atoms with Gasteiger partial charge in [0.05, 0.1) is 0 Å². The van der Waals surface area contributed by atoms with Crippen molar-refractivity contribution in [1.29, 1.82) is 4.89 Å². The van der Waals surface area contributed by atoms with Gasteiger partial charge >= 0.3 is 9.31 Å². The lowest BCUT2D eigenvalue weighted by atomic mass is 13.9. The summed E-state index contributed by atoms with van der Waals surface area (Å²) in [5.74, 6) is 0. The molecule has 28 valence electrons. The van der Waals surface area contributed by atoms with Crippen LogP contribution in [0.5, 0.6) is 0 Å². The summed E-state index contributed by atoms with van der Waals surface area (Å²) in [6.45, 7) is 0. The molecule has 0 fully saturated rings. The molecule has 2 nitrogen and oxygen atoms in total. The average molecular weight is 118 g/mol. The topological polar surface area (TPSA) is 35.8 Å². The highest BCUT2D eigenvalue weighted by Gasteiger charge is 1.62. The molecule has 0 aliphatic rings. The Hall–Kier alpha value is 0.161. The van der Waals surface area contributed by atoms with E-state index in [1.165, 1.54) is 9.76 Å². The summed E-state index contributed by atoms with van der Waals surface area (Å²) in [7, 11) is 1.34. The molecule has 0 aromatic rings.